The maximum atomic E-state index is 11.6. The Morgan fingerprint density at radius 2 is 1.69 bits per heavy atom. The molecule has 1 heterocycles. The molecule has 0 spiro atoms. The van der Waals surface area contributed by atoms with E-state index in [0.29, 0.717) is 10.6 Å². The van der Waals surface area contributed by atoms with Crippen LogP contribution >= 0.6 is 11.6 Å². The lowest BCUT2D eigenvalue weighted by Crippen LogP contribution is -2.21. The van der Waals surface area contributed by atoms with Crippen LogP contribution in [0.15, 0.2) is 24.3 Å². The summed E-state index contributed by atoms with van der Waals surface area (Å²) in [6, 6.07) is 6.14. The molecule has 2 rings (SSSR count). The van der Waals surface area contributed by atoms with Gasteiger partial charge in [0.2, 0.25) is 0 Å². The van der Waals surface area contributed by atoms with Gasteiger partial charge in [-0.15, -0.1) is 0 Å². The molecular formula is C10H7ClN2O3. The van der Waals surface area contributed by atoms with Gasteiger partial charge in [-0.1, -0.05) is 11.6 Å². The molecule has 0 aromatic heterocycles. The monoisotopic (exact) mass is 238 g/mol. The topological polar surface area (TPSA) is 69.2 Å². The molecule has 1 aromatic rings. The first-order valence-electron chi connectivity index (χ1n) is 4.48. The third kappa shape index (κ3) is 1.45. The zero-order valence-electron chi connectivity index (χ0n) is 8.31. The van der Waals surface area contributed by atoms with Crippen molar-refractivity contribution in [3.63, 3.8) is 0 Å². The zero-order chi connectivity index (χ0) is 11.9. The van der Waals surface area contributed by atoms with E-state index in [0.717, 1.165) is 0 Å². The second-order valence-corrected chi connectivity index (χ2v) is 3.75. The smallest absolute Gasteiger partial charge is 0.348 e. The van der Waals surface area contributed by atoms with E-state index >= 15 is 0 Å². The number of benzene rings is 1. The predicted octanol–water partition coefficient (Wildman–Crippen LogP) is 1.11. The molecule has 0 fully saturated rings. The van der Waals surface area contributed by atoms with Crippen LogP contribution in [0.1, 0.15) is 12.5 Å². The van der Waals surface area contributed by atoms with Crippen LogP contribution in [0.4, 0.5) is 0 Å². The number of carbonyl (C=O) groups excluding carboxylic acids is 1. The van der Waals surface area contributed by atoms with Crippen molar-refractivity contribution < 1.29 is 14.5 Å². The Morgan fingerprint density at radius 1 is 1.12 bits per heavy atom. The van der Waals surface area contributed by atoms with Crippen LogP contribution in [0.2, 0.25) is 5.02 Å². The molecular weight excluding hydrogens is 232 g/mol. The third-order valence-electron chi connectivity index (χ3n) is 2.30. The molecule has 0 aliphatic carbocycles. The maximum absolute atomic E-state index is 11.6. The zero-order valence-corrected chi connectivity index (χ0v) is 9.06. The predicted molar refractivity (Wildman–Crippen MR) is 58.5 cm³/mol. The Hall–Kier alpha value is -1.88. The Kier molecular flexibility index (Phi) is 2.40. The molecule has 1 aromatic carbocycles. The minimum atomic E-state index is -0.563. The second kappa shape index (κ2) is 3.61. The summed E-state index contributed by atoms with van der Waals surface area (Å²) in [4.78, 5) is 11.7. The quantitative estimate of drug-likeness (QED) is 0.544. The number of rotatable bonds is 1. The number of ketones is 1. The molecule has 0 saturated heterocycles. The van der Waals surface area contributed by atoms with Crippen molar-refractivity contribution in [1.29, 1.82) is 0 Å². The fourth-order valence-corrected chi connectivity index (χ4v) is 1.55. The first kappa shape index (κ1) is 10.6. The SMILES string of the molecule is CC1=[N+]([O-])[N+]([O-])=C(c2ccc(Cl)cc2)C1=O. The lowest BCUT2D eigenvalue weighted by Gasteiger charge is -1.98. The van der Waals surface area contributed by atoms with Gasteiger partial charge in [0.05, 0.1) is 15.3 Å². The standard InChI is InChI=1S/C10H7ClN2O3/c1-6-10(14)9(13(16)12(6)15)7-2-4-8(11)5-3-7/h2-5H,1H3. The molecule has 0 unspecified atom stereocenters. The molecule has 1 aliphatic rings. The number of hydrogen-bond acceptors (Lipinski definition) is 3. The van der Waals surface area contributed by atoms with Crippen molar-refractivity contribution in [3.8, 4) is 0 Å². The van der Waals surface area contributed by atoms with Crippen LogP contribution in [0.25, 0.3) is 0 Å². The summed E-state index contributed by atoms with van der Waals surface area (Å²) in [5.74, 6) is -0.563. The molecule has 1 aliphatic heterocycles. The Labute approximate surface area is 96.0 Å². The summed E-state index contributed by atoms with van der Waals surface area (Å²) < 4.78 is 0. The summed E-state index contributed by atoms with van der Waals surface area (Å²) in [7, 11) is 0. The van der Waals surface area contributed by atoms with Gasteiger partial charge in [0.1, 0.15) is 0 Å². The van der Waals surface area contributed by atoms with E-state index < -0.39 is 5.78 Å². The maximum Gasteiger partial charge on any atom is 0.348 e. The number of hydrazone groups is 2. The highest BCUT2D eigenvalue weighted by Crippen LogP contribution is 2.13. The van der Waals surface area contributed by atoms with Gasteiger partial charge in [-0.05, 0) is 24.3 Å². The van der Waals surface area contributed by atoms with E-state index in [1.54, 1.807) is 12.1 Å². The van der Waals surface area contributed by atoms with Crippen molar-refractivity contribution in [2.75, 3.05) is 0 Å². The molecule has 0 amide bonds. The van der Waals surface area contributed by atoms with Gasteiger partial charge < -0.3 is 10.4 Å². The number of nitrogens with zero attached hydrogens (tertiary/aromatic N) is 2. The summed E-state index contributed by atoms with van der Waals surface area (Å²) in [5, 5.41) is 23.1. The minimum Gasteiger partial charge on any atom is -0.561 e. The van der Waals surface area contributed by atoms with E-state index in [9.17, 15) is 15.2 Å². The Morgan fingerprint density at radius 3 is 2.12 bits per heavy atom. The van der Waals surface area contributed by atoms with Crippen LogP contribution in [-0.4, -0.2) is 26.9 Å². The fraction of sp³-hybridized carbons (Fsp3) is 0.100. The van der Waals surface area contributed by atoms with Crippen molar-refractivity contribution in [1.82, 2.24) is 0 Å². The number of Topliss-reactive ketones (excluding diaryl/α,β-unsaturated/α-hetero) is 1. The molecule has 82 valence electrons. The van der Waals surface area contributed by atoms with E-state index in [4.69, 9.17) is 11.6 Å². The Balaban J connectivity index is 2.52. The van der Waals surface area contributed by atoms with Crippen LogP contribution in [-0.2, 0) is 4.79 Å². The first-order valence-corrected chi connectivity index (χ1v) is 4.85. The lowest BCUT2D eigenvalue weighted by molar-refractivity contribution is -1.05. The van der Waals surface area contributed by atoms with Gasteiger partial charge in [0.15, 0.2) is 0 Å². The summed E-state index contributed by atoms with van der Waals surface area (Å²) in [6.07, 6.45) is 0. The third-order valence-corrected chi connectivity index (χ3v) is 2.56. The van der Waals surface area contributed by atoms with Gasteiger partial charge >= 0.3 is 17.2 Å². The largest absolute Gasteiger partial charge is 0.561 e. The van der Waals surface area contributed by atoms with Gasteiger partial charge in [0.25, 0.3) is 0 Å². The van der Waals surface area contributed by atoms with Crippen molar-refractivity contribution >= 4 is 28.8 Å². The summed E-state index contributed by atoms with van der Waals surface area (Å²) in [6.45, 7) is 1.31. The highest BCUT2D eigenvalue weighted by molar-refractivity contribution is 6.67. The summed E-state index contributed by atoms with van der Waals surface area (Å²) in [5.41, 5.74) is 0.0613. The first-order chi connectivity index (χ1) is 7.52. The molecule has 0 N–H and O–H groups in total. The normalized spacial score (nSPS) is 16.2. The molecule has 0 bridgehead atoms. The van der Waals surface area contributed by atoms with E-state index in [-0.39, 0.29) is 21.1 Å². The average Bonchev–Trinajstić information content (AvgIpc) is 2.46. The molecule has 16 heavy (non-hydrogen) atoms. The lowest BCUT2D eigenvalue weighted by atomic mass is 10.1. The van der Waals surface area contributed by atoms with Crippen molar-refractivity contribution in [2.45, 2.75) is 6.92 Å². The van der Waals surface area contributed by atoms with Gasteiger partial charge in [0, 0.05) is 11.9 Å². The van der Waals surface area contributed by atoms with Crippen molar-refractivity contribution in [3.05, 3.63) is 45.3 Å². The molecule has 0 radical (unpaired) electrons. The number of hydrazine groups is 1. The molecule has 5 nitrogen and oxygen atoms in total. The van der Waals surface area contributed by atoms with Gasteiger partial charge in [-0.25, -0.2) is 0 Å². The fourth-order valence-electron chi connectivity index (χ4n) is 1.42. The second-order valence-electron chi connectivity index (χ2n) is 3.32. The molecule has 0 saturated carbocycles. The number of halogens is 1. The Bertz CT molecular complexity index is 532. The van der Waals surface area contributed by atoms with Crippen molar-refractivity contribution in [2.24, 2.45) is 0 Å². The van der Waals surface area contributed by atoms with E-state index in [1.807, 2.05) is 0 Å². The van der Waals surface area contributed by atoms with Gasteiger partial charge in [-0.3, -0.25) is 4.79 Å². The summed E-state index contributed by atoms with van der Waals surface area (Å²) >= 11 is 5.69. The molecule has 6 heteroatoms. The average molecular weight is 239 g/mol. The number of carbonyl (C=O) groups is 1. The number of hydrogen-bond donors (Lipinski definition) is 0. The van der Waals surface area contributed by atoms with Crippen LogP contribution in [0.3, 0.4) is 0 Å². The van der Waals surface area contributed by atoms with E-state index in [2.05, 4.69) is 0 Å². The minimum absolute atomic E-state index is 0.0340. The van der Waals surface area contributed by atoms with Crippen LogP contribution in [0, 0.1) is 10.4 Å². The molecule has 0 atom stereocenters. The van der Waals surface area contributed by atoms with Gasteiger partial charge in [-0.2, -0.15) is 0 Å². The highest BCUT2D eigenvalue weighted by Gasteiger charge is 2.41. The highest BCUT2D eigenvalue weighted by atomic mass is 35.5. The van der Waals surface area contributed by atoms with Crippen LogP contribution in [0.5, 0.6) is 0 Å². The van der Waals surface area contributed by atoms with Crippen LogP contribution < -0.4 is 0 Å². The van der Waals surface area contributed by atoms with E-state index in [1.165, 1.54) is 19.1 Å².